The molecule has 0 bridgehead atoms. The lowest BCUT2D eigenvalue weighted by Gasteiger charge is -2.27. The van der Waals surface area contributed by atoms with Gasteiger partial charge in [0.1, 0.15) is 0 Å². The van der Waals surface area contributed by atoms with Gasteiger partial charge in [-0.25, -0.2) is 4.79 Å². The van der Waals surface area contributed by atoms with E-state index >= 15 is 0 Å². The Labute approximate surface area is 97.1 Å². The minimum absolute atomic E-state index is 0.0850. The van der Waals surface area contributed by atoms with E-state index in [9.17, 15) is 4.79 Å². The number of primary amides is 1. The van der Waals surface area contributed by atoms with Gasteiger partial charge >= 0.3 is 6.03 Å². The maximum Gasteiger partial charge on any atom is 0.312 e. The van der Waals surface area contributed by atoms with Gasteiger partial charge in [-0.3, -0.25) is 0 Å². The average molecular weight is 229 g/mol. The lowest BCUT2D eigenvalue weighted by molar-refractivity contribution is -0.0697. The minimum Gasteiger partial charge on any atom is -0.368 e. The number of rotatable bonds is 4. The topological polar surface area (TPSA) is 76.4 Å². The summed E-state index contributed by atoms with van der Waals surface area (Å²) in [7, 11) is 0. The summed E-state index contributed by atoms with van der Waals surface area (Å²) in [6.07, 6.45) is 0.969. The Balaban J connectivity index is 2.34. The number of hydrogen-bond acceptors (Lipinski definition) is 3. The zero-order chi connectivity index (χ0) is 12.4. The van der Waals surface area contributed by atoms with Crippen molar-refractivity contribution in [2.45, 2.75) is 51.4 Å². The predicted molar refractivity (Wildman–Crippen MR) is 63.2 cm³/mol. The van der Waals surface area contributed by atoms with Gasteiger partial charge in [0.15, 0.2) is 0 Å². The highest BCUT2D eigenvalue weighted by Gasteiger charge is 2.45. The summed E-state index contributed by atoms with van der Waals surface area (Å²) < 4.78 is 5.95. The van der Waals surface area contributed by atoms with Crippen molar-refractivity contribution >= 4 is 6.03 Å². The monoisotopic (exact) mass is 229 g/mol. The highest BCUT2D eigenvalue weighted by Crippen LogP contribution is 2.36. The zero-order valence-corrected chi connectivity index (χ0v) is 10.6. The maximum absolute atomic E-state index is 10.5. The molecule has 1 heterocycles. The van der Waals surface area contributed by atoms with E-state index in [0.29, 0.717) is 19.1 Å². The van der Waals surface area contributed by atoms with Gasteiger partial charge in [0.05, 0.1) is 11.2 Å². The maximum atomic E-state index is 10.5. The van der Waals surface area contributed by atoms with E-state index in [1.54, 1.807) is 0 Å². The molecule has 16 heavy (non-hydrogen) atoms. The molecule has 1 atom stereocenters. The van der Waals surface area contributed by atoms with Crippen LogP contribution < -0.4 is 16.4 Å². The van der Waals surface area contributed by atoms with Crippen LogP contribution in [0.5, 0.6) is 0 Å². The van der Waals surface area contributed by atoms with Gasteiger partial charge in [-0.2, -0.15) is 0 Å². The Morgan fingerprint density at radius 2 is 2.00 bits per heavy atom. The summed E-state index contributed by atoms with van der Waals surface area (Å²) in [5, 5.41) is 5.94. The minimum atomic E-state index is -0.482. The largest absolute Gasteiger partial charge is 0.368 e. The van der Waals surface area contributed by atoms with E-state index in [4.69, 9.17) is 10.5 Å². The first kappa shape index (κ1) is 13.3. The Morgan fingerprint density at radius 3 is 2.44 bits per heavy atom. The predicted octanol–water partition coefficient (Wildman–Crippen LogP) is 0.590. The molecule has 0 aromatic heterocycles. The molecule has 1 fully saturated rings. The first-order valence-corrected chi connectivity index (χ1v) is 5.70. The molecular formula is C11H23N3O2. The van der Waals surface area contributed by atoms with Crippen LogP contribution in [-0.4, -0.2) is 36.4 Å². The van der Waals surface area contributed by atoms with Crippen molar-refractivity contribution in [1.82, 2.24) is 10.6 Å². The van der Waals surface area contributed by atoms with Crippen LogP contribution in [0.25, 0.3) is 0 Å². The smallest absolute Gasteiger partial charge is 0.312 e. The molecule has 1 aliphatic rings. The van der Waals surface area contributed by atoms with E-state index in [-0.39, 0.29) is 11.2 Å². The van der Waals surface area contributed by atoms with Gasteiger partial charge in [0.25, 0.3) is 0 Å². The molecule has 0 radical (unpaired) electrons. The number of nitrogens with one attached hydrogen (secondary N) is 2. The van der Waals surface area contributed by atoms with E-state index in [0.717, 1.165) is 6.42 Å². The van der Waals surface area contributed by atoms with Crippen molar-refractivity contribution in [2.75, 3.05) is 13.1 Å². The number of nitrogens with two attached hydrogens (primary N) is 1. The molecule has 1 rings (SSSR count). The quantitative estimate of drug-likeness (QED) is 0.618. The van der Waals surface area contributed by atoms with Crippen molar-refractivity contribution in [3.8, 4) is 0 Å². The molecule has 1 aliphatic heterocycles. The van der Waals surface area contributed by atoms with Crippen molar-refractivity contribution in [2.24, 2.45) is 5.73 Å². The summed E-state index contributed by atoms with van der Waals surface area (Å²) >= 11 is 0. The van der Waals surface area contributed by atoms with E-state index in [2.05, 4.69) is 38.3 Å². The number of amides is 2. The highest BCUT2D eigenvalue weighted by atomic mass is 16.5. The van der Waals surface area contributed by atoms with Crippen LogP contribution in [0.15, 0.2) is 0 Å². The second-order valence-electron chi connectivity index (χ2n) is 5.47. The van der Waals surface area contributed by atoms with Crippen LogP contribution in [0.4, 0.5) is 4.79 Å². The van der Waals surface area contributed by atoms with Crippen LogP contribution in [-0.2, 0) is 4.74 Å². The van der Waals surface area contributed by atoms with Crippen LogP contribution in [0.3, 0.4) is 0 Å². The summed E-state index contributed by atoms with van der Waals surface area (Å²) in [5.74, 6) is 0. The van der Waals surface area contributed by atoms with E-state index in [1.807, 2.05) is 0 Å². The molecule has 2 amide bonds. The van der Waals surface area contributed by atoms with Gasteiger partial charge in [0, 0.05) is 19.1 Å². The fraction of sp³-hybridized carbons (Fsp3) is 0.909. The lowest BCUT2D eigenvalue weighted by atomic mass is 9.94. The average Bonchev–Trinajstić information content (AvgIpc) is 2.27. The van der Waals surface area contributed by atoms with Crippen molar-refractivity contribution in [3.05, 3.63) is 0 Å². The third-order valence-corrected chi connectivity index (χ3v) is 2.89. The molecular weight excluding hydrogens is 206 g/mol. The molecule has 0 aliphatic carbocycles. The van der Waals surface area contributed by atoms with Gasteiger partial charge in [0.2, 0.25) is 0 Å². The molecule has 1 saturated heterocycles. The molecule has 0 aromatic rings. The van der Waals surface area contributed by atoms with Gasteiger partial charge in [-0.05, 0) is 34.1 Å². The molecule has 1 unspecified atom stereocenters. The number of hydrogen-bond donors (Lipinski definition) is 3. The molecule has 5 heteroatoms. The molecule has 5 nitrogen and oxygen atoms in total. The third-order valence-electron chi connectivity index (χ3n) is 2.89. The summed E-state index contributed by atoms with van der Waals surface area (Å²) in [6, 6.07) is -0.179. The van der Waals surface area contributed by atoms with E-state index < -0.39 is 6.03 Å². The van der Waals surface area contributed by atoms with Gasteiger partial charge in [-0.15, -0.1) is 0 Å². The number of urea groups is 1. The molecule has 4 N–H and O–H groups in total. The van der Waals surface area contributed by atoms with Crippen LogP contribution >= 0.6 is 0 Å². The molecule has 0 aromatic carbocycles. The number of ether oxygens (including phenoxy) is 1. The summed E-state index contributed by atoms with van der Waals surface area (Å²) in [6.45, 7) is 9.61. The summed E-state index contributed by atoms with van der Waals surface area (Å²) in [4.78, 5) is 10.5. The second kappa shape index (κ2) is 4.59. The van der Waals surface area contributed by atoms with Crippen molar-refractivity contribution < 1.29 is 9.53 Å². The fourth-order valence-electron chi connectivity index (χ4n) is 2.31. The zero-order valence-electron chi connectivity index (χ0n) is 10.6. The molecule has 94 valence electrons. The number of carbonyl (C=O) groups excluding carboxylic acids is 1. The Bertz CT molecular complexity index is 264. The lowest BCUT2D eigenvalue weighted by Crippen LogP contribution is -2.46. The Kier molecular flexibility index (Phi) is 3.80. The third kappa shape index (κ3) is 3.64. The van der Waals surface area contributed by atoms with Crippen molar-refractivity contribution in [3.63, 3.8) is 0 Å². The Morgan fingerprint density at radius 1 is 1.38 bits per heavy atom. The second-order valence-corrected chi connectivity index (χ2v) is 5.47. The summed E-state index contributed by atoms with van der Waals surface area (Å²) in [5.41, 5.74) is 4.73. The normalized spacial score (nSPS) is 26.6. The first-order valence-electron chi connectivity index (χ1n) is 5.70. The number of carbonyl (C=O) groups is 1. The SMILES string of the molecule is CC1(C)CC(NCCNC(N)=O)C(C)(C)O1. The molecule has 0 spiro atoms. The van der Waals surface area contributed by atoms with Crippen LogP contribution in [0.2, 0.25) is 0 Å². The fourth-order valence-corrected chi connectivity index (χ4v) is 2.31. The Hall–Kier alpha value is -0.810. The standard InChI is InChI=1S/C11H23N3O2/c1-10(2)7-8(11(3,4)16-10)13-5-6-14-9(12)15/h8,13H,5-7H2,1-4H3,(H3,12,14,15). The van der Waals surface area contributed by atoms with Gasteiger partial charge in [-0.1, -0.05) is 0 Å². The van der Waals surface area contributed by atoms with Gasteiger partial charge < -0.3 is 21.1 Å². The molecule has 0 saturated carbocycles. The van der Waals surface area contributed by atoms with Crippen LogP contribution in [0, 0.1) is 0 Å². The van der Waals surface area contributed by atoms with Crippen molar-refractivity contribution in [1.29, 1.82) is 0 Å². The van der Waals surface area contributed by atoms with E-state index in [1.165, 1.54) is 0 Å². The first-order chi connectivity index (χ1) is 7.23. The van der Waals surface area contributed by atoms with Crippen LogP contribution in [0.1, 0.15) is 34.1 Å². The highest BCUT2D eigenvalue weighted by molar-refractivity contribution is 5.71.